The van der Waals surface area contributed by atoms with Gasteiger partial charge in [0.05, 0.1) is 0 Å². The zero-order valence-corrected chi connectivity index (χ0v) is 13.1. The molecule has 1 aromatic carbocycles. The molecule has 0 bridgehead atoms. The average Bonchev–Trinajstić information content (AvgIpc) is 2.38. The Bertz CT molecular complexity index is 330. The molecule has 0 unspecified atom stereocenters. The van der Waals surface area contributed by atoms with Crippen LogP contribution in [0.1, 0.15) is 38.3 Å². The van der Waals surface area contributed by atoms with Crippen molar-refractivity contribution in [1.82, 2.24) is 10.2 Å². The van der Waals surface area contributed by atoms with Gasteiger partial charge in [-0.25, -0.2) is 0 Å². The van der Waals surface area contributed by atoms with E-state index in [0.29, 0.717) is 6.04 Å². The van der Waals surface area contributed by atoms with Gasteiger partial charge < -0.3 is 10.2 Å². The van der Waals surface area contributed by atoms with E-state index < -0.39 is 0 Å². The molecule has 0 atom stereocenters. The summed E-state index contributed by atoms with van der Waals surface area (Å²) in [5.41, 5.74) is 2.88. The predicted octanol–water partition coefficient (Wildman–Crippen LogP) is 3.11. The van der Waals surface area contributed by atoms with Gasteiger partial charge >= 0.3 is 0 Å². The maximum atomic E-state index is 3.46. The predicted molar refractivity (Wildman–Crippen MR) is 84.8 cm³/mol. The first-order valence-corrected chi connectivity index (χ1v) is 7.61. The van der Waals surface area contributed by atoms with Crippen molar-refractivity contribution in [2.75, 3.05) is 26.7 Å². The molecule has 2 heteroatoms. The highest BCUT2D eigenvalue weighted by Gasteiger charge is 1.99. The number of rotatable bonds is 9. The van der Waals surface area contributed by atoms with Crippen LogP contribution in [0.25, 0.3) is 0 Å². The standard InChI is InChI=1S/C17H30N2/c1-5-13-19(4)14-11-17-8-6-16(7-9-17)10-12-18-15(2)3/h6-9,15,18H,5,10-14H2,1-4H3. The Morgan fingerprint density at radius 3 is 2.11 bits per heavy atom. The van der Waals surface area contributed by atoms with Gasteiger partial charge in [0.15, 0.2) is 0 Å². The van der Waals surface area contributed by atoms with E-state index in [2.05, 4.69) is 62.3 Å². The summed E-state index contributed by atoms with van der Waals surface area (Å²) >= 11 is 0. The minimum absolute atomic E-state index is 0.577. The van der Waals surface area contributed by atoms with Gasteiger partial charge in [-0.2, -0.15) is 0 Å². The second kappa shape index (κ2) is 9.11. The molecule has 0 aliphatic heterocycles. The normalized spacial score (nSPS) is 11.5. The summed E-state index contributed by atoms with van der Waals surface area (Å²) < 4.78 is 0. The van der Waals surface area contributed by atoms with Crippen LogP contribution in [-0.4, -0.2) is 37.6 Å². The molecule has 0 amide bonds. The monoisotopic (exact) mass is 262 g/mol. The van der Waals surface area contributed by atoms with E-state index in [1.807, 2.05) is 0 Å². The zero-order valence-electron chi connectivity index (χ0n) is 13.1. The highest BCUT2D eigenvalue weighted by atomic mass is 15.1. The van der Waals surface area contributed by atoms with Crippen molar-refractivity contribution >= 4 is 0 Å². The molecule has 0 spiro atoms. The van der Waals surface area contributed by atoms with Crippen LogP contribution in [0.4, 0.5) is 0 Å². The maximum absolute atomic E-state index is 3.46. The fraction of sp³-hybridized carbons (Fsp3) is 0.647. The summed E-state index contributed by atoms with van der Waals surface area (Å²) in [6.45, 7) is 10.0. The van der Waals surface area contributed by atoms with Crippen LogP contribution in [0.5, 0.6) is 0 Å². The minimum atomic E-state index is 0.577. The maximum Gasteiger partial charge on any atom is 0.00188 e. The van der Waals surface area contributed by atoms with E-state index in [1.165, 1.54) is 24.1 Å². The summed E-state index contributed by atoms with van der Waals surface area (Å²) in [6.07, 6.45) is 3.51. The third kappa shape index (κ3) is 7.34. The Morgan fingerprint density at radius 1 is 1.00 bits per heavy atom. The van der Waals surface area contributed by atoms with Gasteiger partial charge in [-0.05, 0) is 50.5 Å². The molecule has 19 heavy (non-hydrogen) atoms. The number of benzene rings is 1. The summed E-state index contributed by atoms with van der Waals surface area (Å²) in [5, 5.41) is 3.46. The molecular formula is C17H30N2. The Labute approximate surface area is 119 Å². The lowest BCUT2D eigenvalue weighted by Gasteiger charge is -2.15. The Morgan fingerprint density at radius 2 is 1.58 bits per heavy atom. The molecule has 0 saturated carbocycles. The van der Waals surface area contributed by atoms with Gasteiger partial charge in [-0.15, -0.1) is 0 Å². The van der Waals surface area contributed by atoms with Crippen LogP contribution in [-0.2, 0) is 12.8 Å². The van der Waals surface area contributed by atoms with Crippen molar-refractivity contribution in [2.45, 2.75) is 46.1 Å². The third-order valence-corrected chi connectivity index (χ3v) is 3.38. The average molecular weight is 262 g/mol. The zero-order chi connectivity index (χ0) is 14.1. The van der Waals surface area contributed by atoms with Gasteiger partial charge in [0, 0.05) is 12.6 Å². The Kier molecular flexibility index (Phi) is 7.76. The number of hydrogen-bond donors (Lipinski definition) is 1. The SMILES string of the molecule is CCCN(C)CCc1ccc(CCNC(C)C)cc1. The van der Waals surface area contributed by atoms with E-state index in [1.54, 1.807) is 0 Å². The van der Waals surface area contributed by atoms with Crippen molar-refractivity contribution < 1.29 is 0 Å². The molecule has 0 fully saturated rings. The van der Waals surface area contributed by atoms with Crippen molar-refractivity contribution in [1.29, 1.82) is 0 Å². The van der Waals surface area contributed by atoms with Crippen LogP contribution in [0.2, 0.25) is 0 Å². The second-order valence-corrected chi connectivity index (χ2v) is 5.73. The van der Waals surface area contributed by atoms with Crippen LogP contribution in [0, 0.1) is 0 Å². The minimum Gasteiger partial charge on any atom is -0.314 e. The highest BCUT2D eigenvalue weighted by Crippen LogP contribution is 2.06. The smallest absolute Gasteiger partial charge is 0.00188 e. The molecule has 1 rings (SSSR count). The molecule has 2 nitrogen and oxygen atoms in total. The topological polar surface area (TPSA) is 15.3 Å². The van der Waals surface area contributed by atoms with Crippen LogP contribution in [0.3, 0.4) is 0 Å². The van der Waals surface area contributed by atoms with E-state index in [9.17, 15) is 0 Å². The summed E-state index contributed by atoms with van der Waals surface area (Å²) in [5.74, 6) is 0. The molecule has 1 N–H and O–H groups in total. The molecule has 1 aromatic rings. The van der Waals surface area contributed by atoms with Crippen LogP contribution >= 0.6 is 0 Å². The number of likely N-dealkylation sites (N-methyl/N-ethyl adjacent to an activating group) is 1. The fourth-order valence-electron chi connectivity index (χ4n) is 2.19. The summed E-state index contributed by atoms with van der Waals surface area (Å²) in [6, 6.07) is 9.69. The van der Waals surface area contributed by atoms with Gasteiger partial charge in [-0.1, -0.05) is 45.0 Å². The Balaban J connectivity index is 2.30. The van der Waals surface area contributed by atoms with Crippen molar-refractivity contribution in [3.63, 3.8) is 0 Å². The van der Waals surface area contributed by atoms with E-state index in [4.69, 9.17) is 0 Å². The summed E-state index contributed by atoms with van der Waals surface area (Å²) in [7, 11) is 2.20. The lowest BCUT2D eigenvalue weighted by Crippen LogP contribution is -2.24. The van der Waals surface area contributed by atoms with E-state index in [-0.39, 0.29) is 0 Å². The molecule has 0 heterocycles. The van der Waals surface area contributed by atoms with Crippen LogP contribution < -0.4 is 5.32 Å². The van der Waals surface area contributed by atoms with Crippen molar-refractivity contribution in [3.8, 4) is 0 Å². The fourth-order valence-corrected chi connectivity index (χ4v) is 2.19. The lowest BCUT2D eigenvalue weighted by atomic mass is 10.1. The molecular weight excluding hydrogens is 232 g/mol. The Hall–Kier alpha value is -0.860. The molecule has 0 saturated heterocycles. The molecule has 0 aliphatic carbocycles. The third-order valence-electron chi connectivity index (χ3n) is 3.38. The van der Waals surface area contributed by atoms with E-state index in [0.717, 1.165) is 25.9 Å². The molecule has 0 aliphatic rings. The van der Waals surface area contributed by atoms with Crippen molar-refractivity contribution in [3.05, 3.63) is 35.4 Å². The second-order valence-electron chi connectivity index (χ2n) is 5.73. The first kappa shape index (κ1) is 16.2. The largest absolute Gasteiger partial charge is 0.314 e. The van der Waals surface area contributed by atoms with Gasteiger partial charge in [0.1, 0.15) is 0 Å². The summed E-state index contributed by atoms with van der Waals surface area (Å²) in [4.78, 5) is 2.40. The first-order chi connectivity index (χ1) is 9.11. The van der Waals surface area contributed by atoms with Gasteiger partial charge in [0.2, 0.25) is 0 Å². The molecule has 108 valence electrons. The van der Waals surface area contributed by atoms with Crippen molar-refractivity contribution in [2.24, 2.45) is 0 Å². The number of nitrogens with zero attached hydrogens (tertiary/aromatic N) is 1. The van der Waals surface area contributed by atoms with Crippen LogP contribution in [0.15, 0.2) is 24.3 Å². The molecule has 0 radical (unpaired) electrons. The lowest BCUT2D eigenvalue weighted by molar-refractivity contribution is 0.339. The highest BCUT2D eigenvalue weighted by molar-refractivity contribution is 5.23. The number of nitrogens with one attached hydrogen (secondary N) is 1. The van der Waals surface area contributed by atoms with Gasteiger partial charge in [0.25, 0.3) is 0 Å². The molecule has 0 aromatic heterocycles. The van der Waals surface area contributed by atoms with E-state index >= 15 is 0 Å². The van der Waals surface area contributed by atoms with Gasteiger partial charge in [-0.3, -0.25) is 0 Å². The first-order valence-electron chi connectivity index (χ1n) is 7.61. The number of hydrogen-bond acceptors (Lipinski definition) is 2. The quantitative estimate of drug-likeness (QED) is 0.735.